The van der Waals surface area contributed by atoms with Crippen molar-refractivity contribution >= 4 is 38.9 Å². The van der Waals surface area contributed by atoms with E-state index in [9.17, 15) is 17.6 Å². The van der Waals surface area contributed by atoms with Crippen LogP contribution in [-0.2, 0) is 14.8 Å². The molecule has 0 radical (unpaired) electrons. The maximum atomic E-state index is 14.1. The number of carbonyl (C=O) groups excluding carboxylic acids is 1. The number of nitrogens with one attached hydrogen (secondary N) is 1. The second kappa shape index (κ2) is 7.41. The minimum atomic E-state index is -3.88. The number of sulfonamides is 1. The van der Waals surface area contributed by atoms with Gasteiger partial charge in [-0.25, -0.2) is 12.8 Å². The van der Waals surface area contributed by atoms with Crippen molar-refractivity contribution in [2.75, 3.05) is 15.9 Å². The predicted octanol–water partition coefficient (Wildman–Crippen LogP) is 3.58. The molecule has 0 aliphatic carbocycles. The normalized spacial score (nSPS) is 12.5. The van der Waals surface area contributed by atoms with Gasteiger partial charge in [0.25, 0.3) is 0 Å². The van der Waals surface area contributed by atoms with Crippen molar-refractivity contribution in [2.45, 2.75) is 19.9 Å². The van der Waals surface area contributed by atoms with E-state index in [0.717, 1.165) is 22.2 Å². The average Bonchev–Trinajstić information content (AvgIpc) is 2.50. The highest BCUT2D eigenvalue weighted by molar-refractivity contribution is 7.92. The van der Waals surface area contributed by atoms with E-state index in [1.54, 1.807) is 25.1 Å². The molecule has 5 nitrogen and oxygen atoms in total. The molecule has 2 aromatic rings. The monoisotopic (exact) mass is 384 g/mol. The van der Waals surface area contributed by atoms with Crippen LogP contribution in [0.5, 0.6) is 0 Å². The SMILES string of the molecule is Cc1cc(Cl)ccc1NC(=O)C(C)N(c1ccccc1F)S(C)(=O)=O. The second-order valence-electron chi connectivity index (χ2n) is 5.63. The summed E-state index contributed by atoms with van der Waals surface area (Å²) >= 11 is 5.88. The summed E-state index contributed by atoms with van der Waals surface area (Å²) in [6.45, 7) is 3.16. The van der Waals surface area contributed by atoms with Crippen LogP contribution in [0.2, 0.25) is 5.02 Å². The van der Waals surface area contributed by atoms with Gasteiger partial charge in [0.15, 0.2) is 0 Å². The molecule has 25 heavy (non-hydrogen) atoms. The molecule has 2 aromatic carbocycles. The molecule has 0 fully saturated rings. The van der Waals surface area contributed by atoms with Crippen LogP contribution >= 0.6 is 11.6 Å². The number of aryl methyl sites for hydroxylation is 1. The Morgan fingerprint density at radius 3 is 2.44 bits per heavy atom. The van der Waals surface area contributed by atoms with Crippen LogP contribution in [0.1, 0.15) is 12.5 Å². The van der Waals surface area contributed by atoms with Gasteiger partial charge in [0.05, 0.1) is 11.9 Å². The summed E-state index contributed by atoms with van der Waals surface area (Å²) in [5, 5.41) is 3.17. The fourth-order valence-corrected chi connectivity index (χ4v) is 3.82. The first-order valence-electron chi connectivity index (χ1n) is 7.42. The molecule has 1 unspecified atom stereocenters. The third kappa shape index (κ3) is 4.49. The van der Waals surface area contributed by atoms with Crippen molar-refractivity contribution in [3.05, 3.63) is 58.9 Å². The number of para-hydroxylation sites is 1. The first kappa shape index (κ1) is 19.2. The van der Waals surface area contributed by atoms with Crippen molar-refractivity contribution in [2.24, 2.45) is 0 Å². The molecule has 0 heterocycles. The van der Waals surface area contributed by atoms with Gasteiger partial charge in [-0.05, 0) is 49.7 Å². The summed E-state index contributed by atoms with van der Waals surface area (Å²) in [5.74, 6) is -1.31. The molecule has 1 atom stereocenters. The Hall–Kier alpha value is -2.12. The minimum absolute atomic E-state index is 0.180. The molecule has 0 bridgehead atoms. The number of benzene rings is 2. The van der Waals surface area contributed by atoms with Gasteiger partial charge in [0.1, 0.15) is 11.9 Å². The number of nitrogens with zero attached hydrogens (tertiary/aromatic N) is 1. The van der Waals surface area contributed by atoms with E-state index in [2.05, 4.69) is 5.32 Å². The summed E-state index contributed by atoms with van der Waals surface area (Å²) in [5.41, 5.74) is 1.05. The zero-order valence-electron chi connectivity index (χ0n) is 14.0. The molecule has 0 saturated carbocycles. The zero-order valence-corrected chi connectivity index (χ0v) is 15.5. The summed E-state index contributed by atoms with van der Waals surface area (Å²) in [6.07, 6.45) is 0.927. The average molecular weight is 385 g/mol. The van der Waals surface area contributed by atoms with Crippen molar-refractivity contribution in [3.63, 3.8) is 0 Å². The van der Waals surface area contributed by atoms with Gasteiger partial charge in [0.2, 0.25) is 15.9 Å². The van der Waals surface area contributed by atoms with Crippen LogP contribution in [0.3, 0.4) is 0 Å². The summed E-state index contributed by atoms with van der Waals surface area (Å²) < 4.78 is 39.2. The van der Waals surface area contributed by atoms with E-state index >= 15 is 0 Å². The smallest absolute Gasteiger partial charge is 0.248 e. The van der Waals surface area contributed by atoms with Gasteiger partial charge >= 0.3 is 0 Å². The number of anilines is 2. The lowest BCUT2D eigenvalue weighted by molar-refractivity contribution is -0.116. The van der Waals surface area contributed by atoms with E-state index in [4.69, 9.17) is 11.6 Å². The Morgan fingerprint density at radius 1 is 1.24 bits per heavy atom. The van der Waals surface area contributed by atoms with Gasteiger partial charge in [0, 0.05) is 10.7 Å². The Kier molecular flexibility index (Phi) is 5.69. The number of carbonyl (C=O) groups is 1. The van der Waals surface area contributed by atoms with E-state index < -0.39 is 27.8 Å². The highest BCUT2D eigenvalue weighted by Crippen LogP contribution is 2.25. The number of rotatable bonds is 5. The number of hydrogen-bond donors (Lipinski definition) is 1. The third-order valence-electron chi connectivity index (χ3n) is 3.62. The third-order valence-corrected chi connectivity index (χ3v) is 5.09. The quantitative estimate of drug-likeness (QED) is 0.856. The van der Waals surface area contributed by atoms with Crippen molar-refractivity contribution in [3.8, 4) is 0 Å². The molecular formula is C17H18ClFN2O3S. The highest BCUT2D eigenvalue weighted by atomic mass is 35.5. The molecular weight excluding hydrogens is 367 g/mol. The molecule has 0 aliphatic heterocycles. The van der Waals surface area contributed by atoms with E-state index in [-0.39, 0.29) is 5.69 Å². The molecule has 8 heteroatoms. The maximum Gasteiger partial charge on any atom is 0.248 e. The summed E-state index contributed by atoms with van der Waals surface area (Å²) in [6, 6.07) is 9.16. The van der Waals surface area contributed by atoms with E-state index in [1.165, 1.54) is 25.1 Å². The maximum absolute atomic E-state index is 14.1. The summed E-state index contributed by atoms with van der Waals surface area (Å²) in [7, 11) is -3.88. The Bertz CT molecular complexity index is 903. The van der Waals surface area contributed by atoms with Crippen LogP contribution in [0, 0.1) is 12.7 Å². The molecule has 0 aromatic heterocycles. The molecule has 0 spiro atoms. The second-order valence-corrected chi connectivity index (χ2v) is 7.93. The lowest BCUT2D eigenvalue weighted by atomic mass is 10.2. The van der Waals surface area contributed by atoms with E-state index in [0.29, 0.717) is 10.7 Å². The predicted molar refractivity (Wildman–Crippen MR) is 98.0 cm³/mol. The lowest BCUT2D eigenvalue weighted by Gasteiger charge is -2.28. The van der Waals surface area contributed by atoms with Gasteiger partial charge in [-0.3, -0.25) is 9.10 Å². The Morgan fingerprint density at radius 2 is 1.88 bits per heavy atom. The highest BCUT2D eigenvalue weighted by Gasteiger charge is 2.31. The molecule has 0 saturated heterocycles. The molecule has 2 rings (SSSR count). The van der Waals surface area contributed by atoms with E-state index in [1.807, 2.05) is 0 Å². The standard InChI is InChI=1S/C17H18ClFN2O3S/c1-11-10-13(18)8-9-15(11)20-17(22)12(2)21(25(3,23)24)16-7-5-4-6-14(16)19/h4-10,12H,1-3H3,(H,20,22). The van der Waals surface area contributed by atoms with Gasteiger partial charge in [-0.2, -0.15) is 0 Å². The Balaban J connectivity index is 2.35. The molecule has 1 amide bonds. The van der Waals surface area contributed by atoms with Crippen molar-refractivity contribution < 1.29 is 17.6 Å². The first-order valence-corrected chi connectivity index (χ1v) is 9.65. The van der Waals surface area contributed by atoms with Gasteiger partial charge in [-0.15, -0.1) is 0 Å². The van der Waals surface area contributed by atoms with Crippen molar-refractivity contribution in [1.29, 1.82) is 0 Å². The van der Waals surface area contributed by atoms with Crippen LogP contribution in [-0.4, -0.2) is 26.6 Å². The fraction of sp³-hybridized carbons (Fsp3) is 0.235. The van der Waals surface area contributed by atoms with Crippen molar-refractivity contribution in [1.82, 2.24) is 0 Å². The zero-order chi connectivity index (χ0) is 18.8. The topological polar surface area (TPSA) is 66.5 Å². The van der Waals surface area contributed by atoms with Crippen LogP contribution < -0.4 is 9.62 Å². The molecule has 1 N–H and O–H groups in total. The van der Waals surface area contributed by atoms with Crippen LogP contribution in [0.15, 0.2) is 42.5 Å². The first-order chi connectivity index (χ1) is 11.6. The van der Waals surface area contributed by atoms with Crippen LogP contribution in [0.4, 0.5) is 15.8 Å². The fourth-order valence-electron chi connectivity index (χ4n) is 2.42. The molecule has 134 valence electrons. The van der Waals surface area contributed by atoms with Crippen LogP contribution in [0.25, 0.3) is 0 Å². The Labute approximate surface area is 151 Å². The minimum Gasteiger partial charge on any atom is -0.324 e. The number of halogens is 2. The number of amides is 1. The van der Waals surface area contributed by atoms with Gasteiger partial charge < -0.3 is 5.32 Å². The van der Waals surface area contributed by atoms with Gasteiger partial charge in [-0.1, -0.05) is 23.7 Å². The summed E-state index contributed by atoms with van der Waals surface area (Å²) in [4.78, 5) is 12.5. The largest absolute Gasteiger partial charge is 0.324 e. The number of hydrogen-bond acceptors (Lipinski definition) is 3. The molecule has 0 aliphatic rings. The lowest BCUT2D eigenvalue weighted by Crippen LogP contribution is -2.45.